The number of fused-ring (bicyclic) bond motifs is 2. The first-order valence-electron chi connectivity index (χ1n) is 11.0. The number of nitrogens with one attached hydrogen (secondary N) is 2. The molecule has 1 aromatic heterocycles. The van der Waals surface area contributed by atoms with Gasteiger partial charge in [0.05, 0.1) is 11.9 Å². The van der Waals surface area contributed by atoms with E-state index in [2.05, 4.69) is 39.3 Å². The third-order valence-electron chi connectivity index (χ3n) is 5.89. The molecule has 33 heavy (non-hydrogen) atoms. The first-order valence-corrected chi connectivity index (χ1v) is 11.0. The van der Waals surface area contributed by atoms with Crippen molar-refractivity contribution < 1.29 is 13.5 Å². The molecule has 0 atom stereocenters. The minimum absolute atomic E-state index is 0.0104. The molecular formula is C25H25F2N5O. The predicted molar refractivity (Wildman–Crippen MR) is 125 cm³/mol. The van der Waals surface area contributed by atoms with Crippen molar-refractivity contribution in [3.8, 4) is 17.0 Å². The predicted octanol–water partition coefficient (Wildman–Crippen LogP) is 4.93. The van der Waals surface area contributed by atoms with Gasteiger partial charge in [-0.1, -0.05) is 12.6 Å². The lowest BCUT2D eigenvalue weighted by atomic mass is 10.0. The van der Waals surface area contributed by atoms with Gasteiger partial charge in [0.1, 0.15) is 12.3 Å². The van der Waals surface area contributed by atoms with Gasteiger partial charge in [0.2, 0.25) is 5.95 Å². The Balaban J connectivity index is 1.51. The van der Waals surface area contributed by atoms with Crippen LogP contribution in [0.2, 0.25) is 0 Å². The fourth-order valence-corrected chi connectivity index (χ4v) is 4.39. The maximum absolute atomic E-state index is 15.0. The number of hydrogen-bond donors (Lipinski definition) is 2. The number of rotatable bonds is 4. The Hall–Kier alpha value is -3.52. The summed E-state index contributed by atoms with van der Waals surface area (Å²) in [7, 11) is 0. The van der Waals surface area contributed by atoms with Crippen molar-refractivity contribution >= 4 is 17.3 Å². The van der Waals surface area contributed by atoms with Gasteiger partial charge in [0.25, 0.3) is 0 Å². The van der Waals surface area contributed by atoms with E-state index >= 15 is 0 Å². The summed E-state index contributed by atoms with van der Waals surface area (Å²) in [5, 5.41) is 6.50. The highest BCUT2D eigenvalue weighted by Crippen LogP contribution is 2.41. The second kappa shape index (κ2) is 8.44. The van der Waals surface area contributed by atoms with Crippen molar-refractivity contribution in [2.75, 3.05) is 23.4 Å². The first-order chi connectivity index (χ1) is 15.9. The normalized spacial score (nSPS) is 15.2. The van der Waals surface area contributed by atoms with E-state index in [1.165, 1.54) is 17.2 Å². The number of nitrogens with zero attached hydrogens (tertiary/aromatic N) is 3. The Labute approximate surface area is 191 Å². The lowest BCUT2D eigenvalue weighted by Gasteiger charge is -2.36. The van der Waals surface area contributed by atoms with E-state index < -0.39 is 11.6 Å². The summed E-state index contributed by atoms with van der Waals surface area (Å²) in [6.07, 6.45) is 2.04. The van der Waals surface area contributed by atoms with Crippen LogP contribution in [-0.2, 0) is 13.0 Å². The van der Waals surface area contributed by atoms with Crippen molar-refractivity contribution in [3.05, 3.63) is 71.6 Å². The van der Waals surface area contributed by atoms with Gasteiger partial charge < -0.3 is 20.3 Å². The van der Waals surface area contributed by atoms with Crippen LogP contribution < -0.4 is 20.3 Å². The van der Waals surface area contributed by atoms with Crippen LogP contribution >= 0.6 is 0 Å². The minimum atomic E-state index is -0.636. The number of benzene rings is 2. The van der Waals surface area contributed by atoms with Crippen molar-refractivity contribution in [2.24, 2.45) is 0 Å². The molecule has 0 bridgehead atoms. The van der Waals surface area contributed by atoms with Gasteiger partial charge in [-0.15, -0.1) is 0 Å². The summed E-state index contributed by atoms with van der Waals surface area (Å²) in [4.78, 5) is 10.3. The Morgan fingerprint density at radius 1 is 1.15 bits per heavy atom. The van der Waals surface area contributed by atoms with Crippen LogP contribution in [0.1, 0.15) is 25.0 Å². The Morgan fingerprint density at radius 2 is 2.00 bits per heavy atom. The topological polar surface area (TPSA) is 62.3 Å². The standard InChI is InChI=1S/C25H25F2N5O/c1-14(2)32-15(3)13-33-24-20(26)9-18(10-22(24)32)23-21(27)12-29-25(31-23)30-19-5-4-17-11-28-7-6-16(17)8-19/h4-5,8-10,12,14,28H,3,6-7,11,13H2,1-2H3,(H,29,30,31). The summed E-state index contributed by atoms with van der Waals surface area (Å²) >= 11 is 0. The van der Waals surface area contributed by atoms with Gasteiger partial charge >= 0.3 is 0 Å². The largest absolute Gasteiger partial charge is 0.482 e. The quantitative estimate of drug-likeness (QED) is 0.589. The highest BCUT2D eigenvalue weighted by Gasteiger charge is 2.28. The molecule has 0 saturated carbocycles. The Morgan fingerprint density at radius 3 is 2.82 bits per heavy atom. The molecule has 2 N–H and O–H groups in total. The van der Waals surface area contributed by atoms with E-state index in [1.807, 2.05) is 24.8 Å². The number of hydrogen-bond acceptors (Lipinski definition) is 6. The molecule has 5 rings (SSSR count). The van der Waals surface area contributed by atoms with Crippen LogP contribution in [0.5, 0.6) is 5.75 Å². The summed E-state index contributed by atoms with van der Waals surface area (Å²) in [5.74, 6) is -0.837. The van der Waals surface area contributed by atoms with Crippen molar-refractivity contribution in [1.82, 2.24) is 15.3 Å². The zero-order chi connectivity index (χ0) is 23.1. The van der Waals surface area contributed by atoms with E-state index in [4.69, 9.17) is 4.74 Å². The molecule has 2 aliphatic rings. The molecule has 2 aromatic carbocycles. The van der Waals surface area contributed by atoms with Crippen LogP contribution in [0, 0.1) is 11.6 Å². The third-order valence-corrected chi connectivity index (χ3v) is 5.89. The molecule has 0 saturated heterocycles. The highest BCUT2D eigenvalue weighted by atomic mass is 19.1. The maximum atomic E-state index is 15.0. The van der Waals surface area contributed by atoms with Crippen molar-refractivity contribution in [3.63, 3.8) is 0 Å². The maximum Gasteiger partial charge on any atom is 0.227 e. The van der Waals surface area contributed by atoms with Crippen LogP contribution in [0.25, 0.3) is 11.3 Å². The lowest BCUT2D eigenvalue weighted by Crippen LogP contribution is -2.35. The number of ether oxygens (including phenoxy) is 1. The molecule has 3 aromatic rings. The Bertz CT molecular complexity index is 1240. The zero-order valence-corrected chi connectivity index (χ0v) is 18.6. The van der Waals surface area contributed by atoms with E-state index in [0.29, 0.717) is 16.9 Å². The SMILES string of the molecule is C=C1COc2c(F)cc(-c3nc(Nc4ccc5c(c4)CCNC5)ncc3F)cc2N1C(C)C. The Kier molecular flexibility index (Phi) is 5.46. The fraction of sp³-hybridized carbons (Fsp3) is 0.280. The van der Waals surface area contributed by atoms with E-state index in [-0.39, 0.29) is 30.0 Å². The van der Waals surface area contributed by atoms with Crippen molar-refractivity contribution in [2.45, 2.75) is 32.9 Å². The van der Waals surface area contributed by atoms with Gasteiger partial charge in [-0.05, 0) is 62.2 Å². The van der Waals surface area contributed by atoms with Gasteiger partial charge in [-0.25, -0.2) is 18.7 Å². The van der Waals surface area contributed by atoms with Crippen LogP contribution in [-0.4, -0.2) is 29.2 Å². The molecule has 2 aliphatic heterocycles. The molecular weight excluding hydrogens is 424 g/mol. The van der Waals surface area contributed by atoms with Gasteiger partial charge in [0.15, 0.2) is 17.4 Å². The molecule has 3 heterocycles. The molecule has 0 aliphatic carbocycles. The van der Waals surface area contributed by atoms with E-state index in [9.17, 15) is 8.78 Å². The molecule has 8 heteroatoms. The molecule has 170 valence electrons. The fourth-order valence-electron chi connectivity index (χ4n) is 4.39. The molecule has 0 fully saturated rings. The summed E-state index contributed by atoms with van der Waals surface area (Å²) in [5.41, 5.74) is 4.86. The summed E-state index contributed by atoms with van der Waals surface area (Å²) in [6, 6.07) is 9.02. The molecule has 0 unspecified atom stereocenters. The van der Waals surface area contributed by atoms with Crippen LogP contribution in [0.15, 0.2) is 48.8 Å². The average Bonchev–Trinajstić information content (AvgIpc) is 2.79. The van der Waals surface area contributed by atoms with E-state index in [0.717, 1.165) is 31.4 Å². The summed E-state index contributed by atoms with van der Waals surface area (Å²) in [6.45, 7) is 9.96. The van der Waals surface area contributed by atoms with Gasteiger partial charge in [-0.2, -0.15) is 0 Å². The van der Waals surface area contributed by atoms with Crippen molar-refractivity contribution in [1.29, 1.82) is 0 Å². The smallest absolute Gasteiger partial charge is 0.227 e. The lowest BCUT2D eigenvalue weighted by molar-refractivity contribution is 0.314. The second-order valence-electron chi connectivity index (χ2n) is 8.55. The average molecular weight is 450 g/mol. The first kappa shape index (κ1) is 21.3. The molecule has 0 spiro atoms. The van der Waals surface area contributed by atoms with Crippen LogP contribution in [0.4, 0.5) is 26.1 Å². The molecule has 0 amide bonds. The number of halogens is 2. The zero-order valence-electron chi connectivity index (χ0n) is 18.6. The highest BCUT2D eigenvalue weighted by molar-refractivity contribution is 5.75. The monoisotopic (exact) mass is 449 g/mol. The minimum Gasteiger partial charge on any atom is -0.482 e. The summed E-state index contributed by atoms with van der Waals surface area (Å²) < 4.78 is 35.3. The molecule has 6 nitrogen and oxygen atoms in total. The van der Waals surface area contributed by atoms with Gasteiger partial charge in [-0.3, -0.25) is 0 Å². The second-order valence-corrected chi connectivity index (χ2v) is 8.55. The molecule has 0 radical (unpaired) electrons. The van der Waals surface area contributed by atoms with Gasteiger partial charge in [0, 0.05) is 29.5 Å². The third kappa shape index (κ3) is 4.02. The number of anilines is 3. The number of aromatic nitrogens is 2. The van der Waals surface area contributed by atoms with Crippen LogP contribution in [0.3, 0.4) is 0 Å². The van der Waals surface area contributed by atoms with E-state index in [1.54, 1.807) is 6.07 Å².